The van der Waals surface area contributed by atoms with Gasteiger partial charge in [0, 0.05) is 12.1 Å². The number of amides is 1. The molecule has 1 amide bonds. The van der Waals surface area contributed by atoms with Gasteiger partial charge in [0.1, 0.15) is 11.6 Å². The van der Waals surface area contributed by atoms with Gasteiger partial charge in [0.25, 0.3) is 11.5 Å². The maximum Gasteiger partial charge on any atom is 0.417 e. The van der Waals surface area contributed by atoms with Gasteiger partial charge in [-0.15, -0.1) is 0 Å². The van der Waals surface area contributed by atoms with Crippen LogP contribution in [0.2, 0.25) is 0 Å². The monoisotopic (exact) mass is 529 g/mol. The predicted octanol–water partition coefficient (Wildman–Crippen LogP) is 6.49. The minimum atomic E-state index is -4.89. The number of aryl methyl sites for hydroxylation is 2. The number of nitrogens with zero attached hydrogens (tertiary/aromatic N) is 2. The second-order valence-corrected chi connectivity index (χ2v) is 9.27. The number of halogens is 3. The summed E-state index contributed by atoms with van der Waals surface area (Å²) in [5.74, 6) is -0.236. The van der Waals surface area contributed by atoms with E-state index in [0.29, 0.717) is 28.8 Å². The fraction of sp³-hybridized carbons (Fsp3) is 0.194. The molecule has 4 rings (SSSR count). The van der Waals surface area contributed by atoms with Crippen LogP contribution in [0.25, 0.3) is 22.4 Å². The van der Waals surface area contributed by atoms with E-state index >= 15 is 0 Å². The third-order valence-electron chi connectivity index (χ3n) is 6.50. The first-order valence-electron chi connectivity index (χ1n) is 12.3. The molecule has 0 spiro atoms. The molecule has 1 heterocycles. The molecule has 0 unspecified atom stereocenters. The van der Waals surface area contributed by atoms with Crippen molar-refractivity contribution in [3.05, 3.63) is 117 Å². The summed E-state index contributed by atoms with van der Waals surface area (Å²) in [6, 6.07) is 21.6. The first-order chi connectivity index (χ1) is 18.5. The van der Waals surface area contributed by atoms with Crippen molar-refractivity contribution in [2.45, 2.75) is 33.5 Å². The van der Waals surface area contributed by atoms with Crippen LogP contribution in [0.3, 0.4) is 0 Å². The molecule has 3 aromatic carbocycles. The lowest BCUT2D eigenvalue weighted by Gasteiger charge is -2.19. The van der Waals surface area contributed by atoms with Gasteiger partial charge in [0.15, 0.2) is 0 Å². The van der Waals surface area contributed by atoms with Gasteiger partial charge in [0.05, 0.1) is 17.8 Å². The van der Waals surface area contributed by atoms with E-state index in [1.807, 2.05) is 39.0 Å². The molecule has 39 heavy (non-hydrogen) atoms. The fourth-order valence-electron chi connectivity index (χ4n) is 4.53. The quantitative estimate of drug-likeness (QED) is 0.310. The summed E-state index contributed by atoms with van der Waals surface area (Å²) >= 11 is 0. The second kappa shape index (κ2) is 11.0. The molecule has 0 saturated heterocycles. The number of nitriles is 1. The zero-order valence-corrected chi connectivity index (χ0v) is 21.7. The topological polar surface area (TPSA) is 74.9 Å². The summed E-state index contributed by atoms with van der Waals surface area (Å²) in [5.41, 5.74) is 1.61. The SMILES string of the molecule is CCNC(=O)c1cccc(-c2cccc(-c3cc(C(F)(F)F)c(C#N)c(=O)n3Cc3ccc(C)cc3C)c2)c1. The standard InChI is InChI=1S/C31H26F3N3O2/c1-4-36-29(38)24-10-6-8-22(15-24)21-7-5-9-23(14-21)28-16-27(31(32,33)34)26(17-35)30(39)37(28)18-25-12-11-19(2)13-20(25)3/h5-16H,4,18H2,1-3H3,(H,36,38). The van der Waals surface area contributed by atoms with Crippen LogP contribution in [-0.4, -0.2) is 17.0 Å². The average molecular weight is 530 g/mol. The molecule has 198 valence electrons. The Labute approximate surface area is 224 Å². The Morgan fingerprint density at radius 2 is 1.62 bits per heavy atom. The van der Waals surface area contributed by atoms with Crippen LogP contribution in [-0.2, 0) is 12.7 Å². The van der Waals surface area contributed by atoms with Crippen LogP contribution in [0.5, 0.6) is 0 Å². The Balaban J connectivity index is 1.92. The van der Waals surface area contributed by atoms with Crippen LogP contribution < -0.4 is 10.9 Å². The first-order valence-corrected chi connectivity index (χ1v) is 12.3. The lowest BCUT2D eigenvalue weighted by molar-refractivity contribution is -0.137. The lowest BCUT2D eigenvalue weighted by Crippen LogP contribution is -2.29. The summed E-state index contributed by atoms with van der Waals surface area (Å²) in [5, 5.41) is 12.3. The van der Waals surface area contributed by atoms with Crippen LogP contribution >= 0.6 is 0 Å². The van der Waals surface area contributed by atoms with Crippen LogP contribution in [0.15, 0.2) is 77.6 Å². The number of hydrogen-bond donors (Lipinski definition) is 1. The smallest absolute Gasteiger partial charge is 0.352 e. The molecule has 5 nitrogen and oxygen atoms in total. The van der Waals surface area contributed by atoms with Crippen molar-refractivity contribution in [2.24, 2.45) is 0 Å². The lowest BCUT2D eigenvalue weighted by atomic mass is 9.97. The van der Waals surface area contributed by atoms with Crippen LogP contribution in [0.1, 0.15) is 45.1 Å². The molecule has 1 aromatic heterocycles. The number of nitrogens with one attached hydrogen (secondary N) is 1. The van der Waals surface area contributed by atoms with E-state index in [2.05, 4.69) is 5.32 Å². The van der Waals surface area contributed by atoms with Crippen molar-refractivity contribution < 1.29 is 18.0 Å². The summed E-state index contributed by atoms with van der Waals surface area (Å²) in [4.78, 5) is 25.7. The van der Waals surface area contributed by atoms with E-state index < -0.39 is 22.9 Å². The van der Waals surface area contributed by atoms with Crippen molar-refractivity contribution in [1.82, 2.24) is 9.88 Å². The Morgan fingerprint density at radius 3 is 2.26 bits per heavy atom. The Bertz CT molecular complexity index is 1660. The highest BCUT2D eigenvalue weighted by Crippen LogP contribution is 2.35. The minimum absolute atomic E-state index is 0.00992. The molecule has 0 bridgehead atoms. The summed E-state index contributed by atoms with van der Waals surface area (Å²) in [6.07, 6.45) is -4.89. The molecule has 4 aromatic rings. The van der Waals surface area contributed by atoms with Crippen molar-refractivity contribution >= 4 is 5.91 Å². The first kappa shape index (κ1) is 27.4. The maximum absolute atomic E-state index is 14.0. The zero-order chi connectivity index (χ0) is 28.3. The Hall–Kier alpha value is -4.64. The molecule has 0 saturated carbocycles. The molecule has 8 heteroatoms. The van der Waals surface area contributed by atoms with Crippen molar-refractivity contribution in [1.29, 1.82) is 5.26 Å². The third kappa shape index (κ3) is 5.78. The largest absolute Gasteiger partial charge is 0.417 e. The summed E-state index contributed by atoms with van der Waals surface area (Å²) in [7, 11) is 0. The number of hydrogen-bond acceptors (Lipinski definition) is 3. The van der Waals surface area contributed by atoms with Crippen molar-refractivity contribution in [3.8, 4) is 28.5 Å². The van der Waals surface area contributed by atoms with Gasteiger partial charge >= 0.3 is 6.18 Å². The number of carbonyl (C=O) groups is 1. The van der Waals surface area contributed by atoms with Crippen molar-refractivity contribution in [2.75, 3.05) is 6.54 Å². The number of aromatic nitrogens is 1. The van der Waals surface area contributed by atoms with E-state index in [4.69, 9.17) is 0 Å². The highest BCUT2D eigenvalue weighted by atomic mass is 19.4. The van der Waals surface area contributed by atoms with Crippen LogP contribution in [0.4, 0.5) is 13.2 Å². The van der Waals surface area contributed by atoms with Gasteiger partial charge in [-0.3, -0.25) is 9.59 Å². The Kier molecular flexibility index (Phi) is 7.73. The zero-order valence-electron chi connectivity index (χ0n) is 21.7. The van der Waals surface area contributed by atoms with E-state index in [0.717, 1.165) is 22.8 Å². The molecule has 0 aliphatic heterocycles. The normalized spacial score (nSPS) is 11.2. The number of alkyl halides is 3. The average Bonchev–Trinajstić information content (AvgIpc) is 2.90. The van der Waals surface area contributed by atoms with Gasteiger partial charge in [-0.2, -0.15) is 18.4 Å². The minimum Gasteiger partial charge on any atom is -0.352 e. The maximum atomic E-state index is 14.0. The van der Waals surface area contributed by atoms with E-state index in [1.165, 1.54) is 10.6 Å². The second-order valence-electron chi connectivity index (χ2n) is 9.27. The van der Waals surface area contributed by atoms with Gasteiger partial charge in [-0.25, -0.2) is 0 Å². The summed E-state index contributed by atoms with van der Waals surface area (Å²) in [6.45, 7) is 6.06. The highest BCUT2D eigenvalue weighted by Gasteiger charge is 2.36. The molecular formula is C31H26F3N3O2. The van der Waals surface area contributed by atoms with Crippen LogP contribution in [0, 0.1) is 25.2 Å². The number of carbonyl (C=O) groups excluding carboxylic acids is 1. The molecular weight excluding hydrogens is 503 g/mol. The van der Waals surface area contributed by atoms with E-state index in [-0.39, 0.29) is 18.1 Å². The predicted molar refractivity (Wildman–Crippen MR) is 144 cm³/mol. The molecule has 0 atom stereocenters. The van der Waals surface area contributed by atoms with Gasteiger partial charge in [-0.1, -0.05) is 54.1 Å². The van der Waals surface area contributed by atoms with E-state index in [1.54, 1.807) is 48.5 Å². The summed E-state index contributed by atoms with van der Waals surface area (Å²) < 4.78 is 43.1. The molecule has 0 radical (unpaired) electrons. The molecule has 0 fully saturated rings. The van der Waals surface area contributed by atoms with Gasteiger partial charge in [0.2, 0.25) is 0 Å². The molecule has 1 N–H and O–H groups in total. The number of pyridine rings is 1. The number of benzene rings is 3. The third-order valence-corrected chi connectivity index (χ3v) is 6.50. The fourth-order valence-corrected chi connectivity index (χ4v) is 4.53. The highest BCUT2D eigenvalue weighted by molar-refractivity contribution is 5.95. The van der Waals surface area contributed by atoms with E-state index in [9.17, 15) is 28.0 Å². The number of rotatable bonds is 6. The molecule has 0 aliphatic rings. The van der Waals surface area contributed by atoms with Gasteiger partial charge in [-0.05, 0) is 72.9 Å². The van der Waals surface area contributed by atoms with Crippen molar-refractivity contribution in [3.63, 3.8) is 0 Å². The Morgan fingerprint density at radius 1 is 0.949 bits per heavy atom. The van der Waals surface area contributed by atoms with Gasteiger partial charge < -0.3 is 9.88 Å². The molecule has 0 aliphatic carbocycles.